The minimum atomic E-state index is -0.474. The topological polar surface area (TPSA) is 97.1 Å². The lowest BCUT2D eigenvalue weighted by Gasteiger charge is -2.06. The summed E-state index contributed by atoms with van der Waals surface area (Å²) in [6.07, 6.45) is 1.41. The lowest BCUT2D eigenvalue weighted by Crippen LogP contribution is -2.17. The van der Waals surface area contributed by atoms with Gasteiger partial charge in [0.25, 0.3) is 11.8 Å². The fraction of sp³-hybridized carbons (Fsp3) is 0.0588. The standard InChI is InChI=1S/C17H14N4O3/c1-11-9-15(21-24-11)20-17(23)14-10-12(7-8-18-14)16(22)19-13-5-3-2-4-6-13/h2-10H,1H3,(H,19,22)(H,20,21,23). The highest BCUT2D eigenvalue weighted by atomic mass is 16.5. The average molecular weight is 322 g/mol. The first-order chi connectivity index (χ1) is 11.6. The summed E-state index contributed by atoms with van der Waals surface area (Å²) in [4.78, 5) is 28.4. The van der Waals surface area contributed by atoms with E-state index in [9.17, 15) is 9.59 Å². The fourth-order valence-corrected chi connectivity index (χ4v) is 2.03. The second-order valence-corrected chi connectivity index (χ2v) is 5.03. The zero-order chi connectivity index (χ0) is 16.9. The maximum atomic E-state index is 12.3. The Balaban J connectivity index is 1.73. The van der Waals surface area contributed by atoms with Gasteiger partial charge in [-0.25, -0.2) is 0 Å². The minimum absolute atomic E-state index is 0.108. The summed E-state index contributed by atoms with van der Waals surface area (Å²) in [5, 5.41) is 8.99. The molecule has 7 heteroatoms. The van der Waals surface area contributed by atoms with Crippen LogP contribution in [0.3, 0.4) is 0 Å². The predicted molar refractivity (Wildman–Crippen MR) is 87.8 cm³/mol. The Morgan fingerprint density at radius 2 is 1.79 bits per heavy atom. The molecule has 0 aliphatic carbocycles. The van der Waals surface area contributed by atoms with E-state index in [2.05, 4.69) is 20.8 Å². The normalized spacial score (nSPS) is 10.2. The van der Waals surface area contributed by atoms with Gasteiger partial charge in [-0.15, -0.1) is 0 Å². The number of aromatic nitrogens is 2. The van der Waals surface area contributed by atoms with Crippen LogP contribution in [-0.4, -0.2) is 22.0 Å². The second-order valence-electron chi connectivity index (χ2n) is 5.03. The van der Waals surface area contributed by atoms with Gasteiger partial charge in [-0.1, -0.05) is 23.4 Å². The zero-order valence-corrected chi connectivity index (χ0v) is 12.8. The van der Waals surface area contributed by atoms with E-state index in [4.69, 9.17) is 4.52 Å². The van der Waals surface area contributed by atoms with Crippen molar-refractivity contribution < 1.29 is 14.1 Å². The van der Waals surface area contributed by atoms with Gasteiger partial charge in [0.15, 0.2) is 5.82 Å². The molecule has 120 valence electrons. The van der Waals surface area contributed by atoms with Crippen LogP contribution in [0.2, 0.25) is 0 Å². The third-order valence-electron chi connectivity index (χ3n) is 3.16. The number of nitrogens with zero attached hydrogens (tertiary/aromatic N) is 2. The van der Waals surface area contributed by atoms with Crippen molar-refractivity contribution in [2.45, 2.75) is 6.92 Å². The summed E-state index contributed by atoms with van der Waals surface area (Å²) in [7, 11) is 0. The molecule has 0 atom stereocenters. The Morgan fingerprint density at radius 1 is 1.00 bits per heavy atom. The molecule has 2 amide bonds. The molecule has 0 spiro atoms. The number of carbonyl (C=O) groups excluding carboxylic acids is 2. The van der Waals surface area contributed by atoms with E-state index in [0.717, 1.165) is 0 Å². The number of para-hydroxylation sites is 1. The number of pyridine rings is 1. The molecule has 2 aromatic heterocycles. The van der Waals surface area contributed by atoms with E-state index < -0.39 is 5.91 Å². The van der Waals surface area contributed by atoms with E-state index in [1.807, 2.05) is 18.2 Å². The number of anilines is 2. The summed E-state index contributed by atoms with van der Waals surface area (Å²) < 4.78 is 4.88. The predicted octanol–water partition coefficient (Wildman–Crippen LogP) is 2.88. The molecular weight excluding hydrogens is 308 g/mol. The molecule has 0 unspecified atom stereocenters. The van der Waals surface area contributed by atoms with Crippen LogP contribution in [0.5, 0.6) is 0 Å². The zero-order valence-electron chi connectivity index (χ0n) is 12.8. The van der Waals surface area contributed by atoms with Crippen molar-refractivity contribution in [2.24, 2.45) is 0 Å². The van der Waals surface area contributed by atoms with Crippen LogP contribution in [-0.2, 0) is 0 Å². The van der Waals surface area contributed by atoms with E-state index in [0.29, 0.717) is 22.8 Å². The lowest BCUT2D eigenvalue weighted by atomic mass is 10.2. The van der Waals surface area contributed by atoms with Gasteiger partial charge >= 0.3 is 0 Å². The Bertz CT molecular complexity index is 874. The van der Waals surface area contributed by atoms with Crippen LogP contribution in [0, 0.1) is 6.92 Å². The summed E-state index contributed by atoms with van der Waals surface area (Å²) in [6.45, 7) is 1.72. The number of aryl methyl sites for hydroxylation is 1. The van der Waals surface area contributed by atoms with E-state index in [1.165, 1.54) is 18.3 Å². The van der Waals surface area contributed by atoms with E-state index in [-0.39, 0.29) is 11.6 Å². The Morgan fingerprint density at radius 3 is 2.50 bits per heavy atom. The van der Waals surface area contributed by atoms with Gasteiger partial charge in [-0.3, -0.25) is 14.6 Å². The van der Waals surface area contributed by atoms with Crippen LogP contribution in [0.1, 0.15) is 26.6 Å². The number of benzene rings is 1. The third-order valence-corrected chi connectivity index (χ3v) is 3.16. The van der Waals surface area contributed by atoms with Crippen molar-refractivity contribution >= 4 is 23.3 Å². The van der Waals surface area contributed by atoms with Crippen molar-refractivity contribution in [1.82, 2.24) is 10.1 Å². The maximum absolute atomic E-state index is 12.3. The molecule has 0 bridgehead atoms. The highest BCUT2D eigenvalue weighted by molar-refractivity contribution is 6.07. The van der Waals surface area contributed by atoms with Crippen LogP contribution in [0.25, 0.3) is 0 Å². The van der Waals surface area contributed by atoms with Crippen LogP contribution in [0.15, 0.2) is 59.3 Å². The molecule has 2 heterocycles. The van der Waals surface area contributed by atoms with Gasteiger partial charge in [-0.05, 0) is 31.2 Å². The SMILES string of the molecule is Cc1cc(NC(=O)c2cc(C(=O)Nc3ccccc3)ccn2)no1. The van der Waals surface area contributed by atoms with Gasteiger partial charge in [-0.2, -0.15) is 0 Å². The molecule has 0 saturated heterocycles. The number of hydrogen-bond donors (Lipinski definition) is 2. The quantitative estimate of drug-likeness (QED) is 0.770. The van der Waals surface area contributed by atoms with Gasteiger partial charge in [0.1, 0.15) is 11.5 Å². The van der Waals surface area contributed by atoms with Gasteiger partial charge in [0, 0.05) is 23.5 Å². The molecule has 1 aromatic carbocycles. The molecule has 3 aromatic rings. The largest absolute Gasteiger partial charge is 0.360 e. The number of nitrogens with one attached hydrogen (secondary N) is 2. The number of hydrogen-bond acceptors (Lipinski definition) is 5. The average Bonchev–Trinajstić information content (AvgIpc) is 3.00. The van der Waals surface area contributed by atoms with E-state index in [1.54, 1.807) is 25.1 Å². The minimum Gasteiger partial charge on any atom is -0.360 e. The van der Waals surface area contributed by atoms with E-state index >= 15 is 0 Å². The summed E-state index contributed by atoms with van der Waals surface area (Å²) in [5.41, 5.74) is 1.11. The molecule has 0 radical (unpaired) electrons. The molecule has 0 saturated carbocycles. The summed E-state index contributed by atoms with van der Waals surface area (Å²) in [6, 6.07) is 13.6. The molecule has 0 aliphatic heterocycles. The highest BCUT2D eigenvalue weighted by Crippen LogP contribution is 2.11. The molecule has 2 N–H and O–H groups in total. The third kappa shape index (κ3) is 3.64. The molecule has 3 rings (SSSR count). The van der Waals surface area contributed by atoms with Crippen molar-refractivity contribution in [3.8, 4) is 0 Å². The fourth-order valence-electron chi connectivity index (χ4n) is 2.03. The monoisotopic (exact) mass is 322 g/mol. The van der Waals surface area contributed by atoms with Gasteiger partial charge in [0.05, 0.1) is 0 Å². The van der Waals surface area contributed by atoms with Crippen LogP contribution in [0.4, 0.5) is 11.5 Å². The Labute approximate surface area is 137 Å². The maximum Gasteiger partial charge on any atom is 0.275 e. The summed E-state index contributed by atoms with van der Waals surface area (Å²) >= 11 is 0. The van der Waals surface area contributed by atoms with Crippen molar-refractivity contribution in [1.29, 1.82) is 0 Å². The number of amides is 2. The molecule has 0 fully saturated rings. The molecular formula is C17H14N4O3. The van der Waals surface area contributed by atoms with Gasteiger partial charge < -0.3 is 15.2 Å². The van der Waals surface area contributed by atoms with Crippen LogP contribution >= 0.6 is 0 Å². The molecule has 24 heavy (non-hydrogen) atoms. The summed E-state index contributed by atoms with van der Waals surface area (Å²) in [5.74, 6) is 0.0697. The van der Waals surface area contributed by atoms with Crippen molar-refractivity contribution in [3.63, 3.8) is 0 Å². The molecule has 7 nitrogen and oxygen atoms in total. The number of rotatable bonds is 4. The lowest BCUT2D eigenvalue weighted by molar-refractivity contribution is 0.102. The first kappa shape index (κ1) is 15.4. The first-order valence-corrected chi connectivity index (χ1v) is 7.19. The molecule has 0 aliphatic rings. The highest BCUT2D eigenvalue weighted by Gasteiger charge is 2.13. The smallest absolute Gasteiger partial charge is 0.275 e. The second kappa shape index (κ2) is 6.74. The van der Waals surface area contributed by atoms with Crippen molar-refractivity contribution in [2.75, 3.05) is 10.6 Å². The Hall–Kier alpha value is -3.48. The van der Waals surface area contributed by atoms with Gasteiger partial charge in [0.2, 0.25) is 0 Å². The Kier molecular flexibility index (Phi) is 4.33. The number of carbonyl (C=O) groups is 2. The van der Waals surface area contributed by atoms with Crippen LogP contribution < -0.4 is 10.6 Å². The van der Waals surface area contributed by atoms with Crippen molar-refractivity contribution in [3.05, 3.63) is 71.7 Å². The first-order valence-electron chi connectivity index (χ1n) is 7.19.